The molecule has 0 radical (unpaired) electrons. The van der Waals surface area contributed by atoms with Gasteiger partial charge in [-0.1, -0.05) is 18.2 Å². The van der Waals surface area contributed by atoms with Gasteiger partial charge >= 0.3 is 0 Å². The summed E-state index contributed by atoms with van der Waals surface area (Å²) in [7, 11) is 1.84. The summed E-state index contributed by atoms with van der Waals surface area (Å²) in [6.45, 7) is 4.25. The van der Waals surface area contributed by atoms with Crippen LogP contribution in [0.25, 0.3) is 11.3 Å². The van der Waals surface area contributed by atoms with E-state index in [4.69, 9.17) is 9.84 Å². The molecular weight excluding hydrogens is 406 g/mol. The predicted octanol–water partition coefficient (Wildman–Crippen LogP) is 2.58. The zero-order valence-electron chi connectivity index (χ0n) is 18.5. The Morgan fingerprint density at radius 2 is 2.16 bits per heavy atom. The molecule has 1 saturated heterocycles. The lowest BCUT2D eigenvalue weighted by Gasteiger charge is -2.27. The summed E-state index contributed by atoms with van der Waals surface area (Å²) in [5, 5.41) is 9.15. The molecule has 0 bridgehead atoms. The van der Waals surface area contributed by atoms with Crippen LogP contribution in [0.15, 0.2) is 36.7 Å². The number of hydrogen-bond acceptors (Lipinski definition) is 5. The van der Waals surface area contributed by atoms with Gasteiger partial charge in [-0.25, -0.2) is 0 Å². The second-order valence-electron chi connectivity index (χ2n) is 8.63. The summed E-state index contributed by atoms with van der Waals surface area (Å²) >= 11 is 0. The SMILES string of the molecule is CC(=O)N1CCc2c(c(-c3cccc(C(=O)Cc4cnn(C)c4)c3)nn2C2CCOC2)C1. The first-order valence-electron chi connectivity index (χ1n) is 11.0. The third-order valence-corrected chi connectivity index (χ3v) is 6.36. The number of aromatic nitrogens is 4. The van der Waals surface area contributed by atoms with Crippen molar-refractivity contribution in [1.29, 1.82) is 0 Å². The third kappa shape index (κ3) is 3.86. The van der Waals surface area contributed by atoms with Crippen molar-refractivity contribution in [3.8, 4) is 11.3 Å². The molecular formula is C24H27N5O3. The molecule has 8 nitrogen and oxygen atoms in total. The molecule has 4 heterocycles. The molecule has 166 valence electrons. The molecule has 8 heteroatoms. The van der Waals surface area contributed by atoms with Crippen molar-refractivity contribution in [3.05, 3.63) is 59.0 Å². The van der Waals surface area contributed by atoms with E-state index in [0.29, 0.717) is 31.7 Å². The normalized spacial score (nSPS) is 18.1. The smallest absolute Gasteiger partial charge is 0.219 e. The summed E-state index contributed by atoms with van der Waals surface area (Å²) in [6.07, 6.45) is 5.60. The zero-order chi connectivity index (χ0) is 22.2. The van der Waals surface area contributed by atoms with E-state index in [0.717, 1.165) is 41.8 Å². The van der Waals surface area contributed by atoms with E-state index in [-0.39, 0.29) is 17.7 Å². The highest BCUT2D eigenvalue weighted by atomic mass is 16.5. The highest BCUT2D eigenvalue weighted by Crippen LogP contribution is 2.34. The van der Waals surface area contributed by atoms with Crippen LogP contribution >= 0.6 is 0 Å². The number of hydrogen-bond donors (Lipinski definition) is 0. The van der Waals surface area contributed by atoms with E-state index in [1.54, 1.807) is 17.8 Å². The number of rotatable bonds is 5. The van der Waals surface area contributed by atoms with Gasteiger partial charge in [0.05, 0.1) is 24.5 Å². The quantitative estimate of drug-likeness (QED) is 0.578. The molecule has 1 atom stereocenters. The fourth-order valence-corrected chi connectivity index (χ4v) is 4.65. The second kappa shape index (κ2) is 8.35. The van der Waals surface area contributed by atoms with Crippen molar-refractivity contribution in [2.75, 3.05) is 19.8 Å². The van der Waals surface area contributed by atoms with Crippen LogP contribution in [0.4, 0.5) is 0 Å². The Morgan fingerprint density at radius 1 is 1.28 bits per heavy atom. The van der Waals surface area contributed by atoms with Crippen LogP contribution in [-0.2, 0) is 36.0 Å². The van der Waals surface area contributed by atoms with Crippen LogP contribution < -0.4 is 0 Å². The number of carbonyl (C=O) groups is 2. The average Bonchev–Trinajstić information content (AvgIpc) is 3.53. The molecule has 2 aliphatic heterocycles. The van der Waals surface area contributed by atoms with E-state index < -0.39 is 0 Å². The lowest BCUT2D eigenvalue weighted by Crippen LogP contribution is -2.35. The van der Waals surface area contributed by atoms with Crippen molar-refractivity contribution >= 4 is 11.7 Å². The van der Waals surface area contributed by atoms with Crippen molar-refractivity contribution < 1.29 is 14.3 Å². The van der Waals surface area contributed by atoms with Gasteiger partial charge in [-0.2, -0.15) is 10.2 Å². The van der Waals surface area contributed by atoms with Crippen LogP contribution in [0.3, 0.4) is 0 Å². The number of ether oxygens (including phenoxy) is 1. The number of aryl methyl sites for hydroxylation is 1. The number of carbonyl (C=O) groups excluding carboxylic acids is 2. The van der Waals surface area contributed by atoms with Gasteiger partial charge in [0.2, 0.25) is 5.91 Å². The van der Waals surface area contributed by atoms with Crippen molar-refractivity contribution in [2.24, 2.45) is 7.05 Å². The molecule has 1 aromatic carbocycles. The highest BCUT2D eigenvalue weighted by Gasteiger charge is 2.30. The van der Waals surface area contributed by atoms with Crippen LogP contribution in [0.2, 0.25) is 0 Å². The Balaban J connectivity index is 1.50. The van der Waals surface area contributed by atoms with Crippen LogP contribution in [-0.4, -0.2) is 55.9 Å². The first-order valence-corrected chi connectivity index (χ1v) is 11.0. The molecule has 2 aliphatic rings. The van der Waals surface area contributed by atoms with Gasteiger partial charge in [-0.15, -0.1) is 0 Å². The molecule has 1 unspecified atom stereocenters. The minimum absolute atomic E-state index is 0.0442. The van der Waals surface area contributed by atoms with Gasteiger partial charge < -0.3 is 9.64 Å². The number of nitrogens with zero attached hydrogens (tertiary/aromatic N) is 5. The van der Waals surface area contributed by atoms with Gasteiger partial charge in [-0.05, 0) is 18.1 Å². The Hall–Kier alpha value is -3.26. The molecule has 1 amide bonds. The summed E-state index contributed by atoms with van der Waals surface area (Å²) in [5.74, 6) is 0.113. The maximum Gasteiger partial charge on any atom is 0.219 e. The first-order chi connectivity index (χ1) is 15.5. The van der Waals surface area contributed by atoms with Gasteiger partial charge in [0.1, 0.15) is 0 Å². The molecule has 3 aromatic rings. The summed E-state index contributed by atoms with van der Waals surface area (Å²) < 4.78 is 9.42. The maximum atomic E-state index is 12.9. The second-order valence-corrected chi connectivity index (χ2v) is 8.63. The largest absolute Gasteiger partial charge is 0.379 e. The molecule has 0 spiro atoms. The van der Waals surface area contributed by atoms with Gasteiger partial charge in [0.15, 0.2) is 5.78 Å². The highest BCUT2D eigenvalue weighted by molar-refractivity contribution is 5.98. The van der Waals surface area contributed by atoms with Crippen LogP contribution in [0.1, 0.15) is 46.6 Å². The summed E-state index contributed by atoms with van der Waals surface area (Å²) in [6, 6.07) is 7.88. The van der Waals surface area contributed by atoms with Gasteiger partial charge in [-0.3, -0.25) is 19.0 Å². The Bertz CT molecular complexity index is 1170. The van der Waals surface area contributed by atoms with Gasteiger partial charge in [0, 0.05) is 75.1 Å². The van der Waals surface area contributed by atoms with E-state index in [2.05, 4.69) is 9.78 Å². The van der Waals surface area contributed by atoms with E-state index in [9.17, 15) is 9.59 Å². The first kappa shape index (κ1) is 20.6. The topological polar surface area (TPSA) is 82.3 Å². The van der Waals surface area contributed by atoms with Crippen molar-refractivity contribution in [3.63, 3.8) is 0 Å². The van der Waals surface area contributed by atoms with E-state index in [1.807, 2.05) is 42.4 Å². The van der Waals surface area contributed by atoms with Gasteiger partial charge in [0.25, 0.3) is 0 Å². The average molecular weight is 434 g/mol. The molecule has 32 heavy (non-hydrogen) atoms. The maximum absolute atomic E-state index is 12.9. The molecule has 2 aromatic heterocycles. The number of amides is 1. The third-order valence-electron chi connectivity index (χ3n) is 6.36. The number of Topliss-reactive ketones (excluding diaryl/α,β-unsaturated/α-hetero) is 1. The Kier molecular flexibility index (Phi) is 5.38. The lowest BCUT2D eigenvalue weighted by molar-refractivity contribution is -0.129. The molecule has 0 saturated carbocycles. The van der Waals surface area contributed by atoms with Crippen molar-refractivity contribution in [2.45, 2.75) is 38.8 Å². The minimum Gasteiger partial charge on any atom is -0.379 e. The molecule has 1 fully saturated rings. The van der Waals surface area contributed by atoms with Crippen LogP contribution in [0, 0.1) is 0 Å². The standard InChI is InChI=1S/C24H27N5O3/c1-16(30)28-8-6-22-21(14-28)24(26-29(22)20-7-9-32-15-20)19-5-3-4-18(11-19)23(31)10-17-12-25-27(2)13-17/h3-5,11-13,20H,6-10,14-15H2,1-2H3. The molecule has 5 rings (SSSR count). The molecule has 0 aliphatic carbocycles. The van der Waals surface area contributed by atoms with E-state index >= 15 is 0 Å². The molecule has 0 N–H and O–H groups in total. The van der Waals surface area contributed by atoms with Crippen molar-refractivity contribution in [1.82, 2.24) is 24.5 Å². The van der Waals surface area contributed by atoms with Crippen LogP contribution in [0.5, 0.6) is 0 Å². The predicted molar refractivity (Wildman–Crippen MR) is 118 cm³/mol. The monoisotopic (exact) mass is 433 g/mol. The lowest BCUT2D eigenvalue weighted by atomic mass is 9.97. The Morgan fingerprint density at radius 3 is 2.88 bits per heavy atom. The summed E-state index contributed by atoms with van der Waals surface area (Å²) in [5.41, 5.74) is 5.56. The fourth-order valence-electron chi connectivity index (χ4n) is 4.65. The number of ketones is 1. The van der Waals surface area contributed by atoms with E-state index in [1.165, 1.54) is 5.69 Å². The Labute approximate surface area is 186 Å². The summed E-state index contributed by atoms with van der Waals surface area (Å²) in [4.78, 5) is 26.8. The number of benzene rings is 1. The minimum atomic E-state index is 0.0442. The zero-order valence-corrected chi connectivity index (χ0v) is 18.5. The fraction of sp³-hybridized carbons (Fsp3) is 0.417. The number of fused-ring (bicyclic) bond motifs is 1.